The molecule has 25 heavy (non-hydrogen) atoms. The molecule has 1 aromatic heterocycles. The van der Waals surface area contributed by atoms with E-state index in [0.717, 1.165) is 17.7 Å². The first-order chi connectivity index (χ1) is 11.6. The van der Waals surface area contributed by atoms with Gasteiger partial charge in [-0.25, -0.2) is 0 Å². The van der Waals surface area contributed by atoms with Crippen molar-refractivity contribution in [2.75, 3.05) is 5.32 Å². The summed E-state index contributed by atoms with van der Waals surface area (Å²) < 4.78 is 40.1. The van der Waals surface area contributed by atoms with Crippen LogP contribution in [0.4, 0.5) is 18.9 Å². The Hall–Kier alpha value is -2.79. The van der Waals surface area contributed by atoms with Crippen LogP contribution in [0.3, 0.4) is 0 Å². The number of hydrogen-bond acceptors (Lipinski definition) is 2. The van der Waals surface area contributed by atoms with E-state index in [1.807, 2.05) is 6.92 Å². The number of aryl methyl sites for hydroxylation is 1. The monoisotopic (exact) mass is 349 g/mol. The first-order valence-electron chi connectivity index (χ1n) is 7.46. The van der Waals surface area contributed by atoms with Gasteiger partial charge < -0.3 is 5.32 Å². The molecule has 0 unspecified atom stereocenters. The zero-order valence-corrected chi connectivity index (χ0v) is 14.1. The summed E-state index contributed by atoms with van der Waals surface area (Å²) in [7, 11) is 0. The molecule has 4 nitrogen and oxygen atoms in total. The third-order valence-corrected chi connectivity index (χ3v) is 3.72. The molecule has 0 saturated heterocycles. The molecule has 0 aliphatic rings. The number of carbonyl (C=O) groups excluding carboxylic acids is 1. The highest BCUT2D eigenvalue weighted by atomic mass is 19.4. The van der Waals surface area contributed by atoms with Crippen molar-refractivity contribution in [3.63, 3.8) is 0 Å². The maximum atomic E-state index is 12.9. The number of aromatic nitrogens is 2. The average Bonchev–Trinajstić information content (AvgIpc) is 2.95. The molecule has 2 aromatic rings. The number of benzene rings is 1. The molecule has 0 saturated carbocycles. The highest BCUT2D eigenvalue weighted by Crippen LogP contribution is 2.32. The second-order valence-electron chi connectivity index (χ2n) is 6.12. The van der Waals surface area contributed by atoms with E-state index in [0.29, 0.717) is 0 Å². The van der Waals surface area contributed by atoms with Crippen molar-refractivity contribution >= 4 is 17.7 Å². The Morgan fingerprint density at radius 2 is 2.04 bits per heavy atom. The molecule has 1 aromatic carbocycles. The second-order valence-corrected chi connectivity index (χ2v) is 6.12. The minimum absolute atomic E-state index is 0.172. The summed E-state index contributed by atoms with van der Waals surface area (Å²) in [4.78, 5) is 12.6. The van der Waals surface area contributed by atoms with E-state index in [1.54, 1.807) is 26.2 Å². The van der Waals surface area contributed by atoms with E-state index in [2.05, 4.69) is 22.7 Å². The van der Waals surface area contributed by atoms with E-state index < -0.39 is 23.2 Å². The van der Waals surface area contributed by atoms with Crippen LogP contribution in [0.15, 0.2) is 42.9 Å². The summed E-state index contributed by atoms with van der Waals surface area (Å²) >= 11 is 0. The van der Waals surface area contributed by atoms with Gasteiger partial charge in [0.1, 0.15) is 5.54 Å². The first-order valence-corrected chi connectivity index (χ1v) is 7.46. The summed E-state index contributed by atoms with van der Waals surface area (Å²) in [5.74, 6) is -0.408. The Morgan fingerprint density at radius 1 is 1.36 bits per heavy atom. The SMILES string of the molecule is C=C=Cc1cc(C(F)(F)F)ccc1NC(=O)C(C)(C)n1cc(C)cn1. The molecule has 0 spiro atoms. The summed E-state index contributed by atoms with van der Waals surface area (Å²) in [5.41, 5.74) is 1.91. The van der Waals surface area contributed by atoms with Crippen molar-refractivity contribution in [1.29, 1.82) is 0 Å². The second kappa shape index (κ2) is 6.61. The third-order valence-electron chi connectivity index (χ3n) is 3.72. The zero-order valence-electron chi connectivity index (χ0n) is 14.1. The maximum Gasteiger partial charge on any atom is 0.416 e. The maximum absolute atomic E-state index is 12.9. The molecule has 132 valence electrons. The lowest BCUT2D eigenvalue weighted by Crippen LogP contribution is -2.40. The fourth-order valence-corrected chi connectivity index (χ4v) is 2.18. The zero-order chi connectivity index (χ0) is 18.8. The van der Waals surface area contributed by atoms with Gasteiger partial charge in [-0.1, -0.05) is 6.58 Å². The molecule has 7 heteroatoms. The van der Waals surface area contributed by atoms with Crippen LogP contribution in [0.25, 0.3) is 6.08 Å². The van der Waals surface area contributed by atoms with E-state index in [1.165, 1.54) is 16.8 Å². The highest BCUT2D eigenvalue weighted by Gasteiger charge is 2.33. The van der Waals surface area contributed by atoms with Crippen LogP contribution in [-0.2, 0) is 16.5 Å². The third kappa shape index (κ3) is 4.00. The van der Waals surface area contributed by atoms with E-state index in [9.17, 15) is 18.0 Å². The largest absolute Gasteiger partial charge is 0.416 e. The molecule has 1 amide bonds. The van der Waals surface area contributed by atoms with Gasteiger partial charge in [-0.3, -0.25) is 9.48 Å². The van der Waals surface area contributed by atoms with Crippen LogP contribution >= 0.6 is 0 Å². The van der Waals surface area contributed by atoms with Crippen molar-refractivity contribution in [2.45, 2.75) is 32.5 Å². The van der Waals surface area contributed by atoms with Crippen molar-refractivity contribution in [2.24, 2.45) is 0 Å². The number of alkyl halides is 3. The van der Waals surface area contributed by atoms with Gasteiger partial charge in [-0.2, -0.15) is 18.3 Å². The molecule has 0 radical (unpaired) electrons. The van der Waals surface area contributed by atoms with Gasteiger partial charge >= 0.3 is 6.18 Å². The minimum Gasteiger partial charge on any atom is -0.323 e. The van der Waals surface area contributed by atoms with E-state index >= 15 is 0 Å². The topological polar surface area (TPSA) is 46.9 Å². The summed E-state index contributed by atoms with van der Waals surface area (Å²) in [6, 6.07) is 3.08. The van der Waals surface area contributed by atoms with Gasteiger partial charge in [0.2, 0.25) is 0 Å². The molecule has 0 aliphatic carbocycles. The van der Waals surface area contributed by atoms with Crippen LogP contribution in [0.5, 0.6) is 0 Å². The summed E-state index contributed by atoms with van der Waals surface area (Å²) in [6.45, 7) is 8.56. The molecule has 0 bridgehead atoms. The highest BCUT2D eigenvalue weighted by molar-refractivity contribution is 5.97. The van der Waals surface area contributed by atoms with E-state index in [-0.39, 0.29) is 11.3 Å². The Morgan fingerprint density at radius 3 is 2.56 bits per heavy atom. The quantitative estimate of drug-likeness (QED) is 0.833. The molecule has 0 fully saturated rings. The van der Waals surface area contributed by atoms with Crippen LogP contribution in [0, 0.1) is 6.92 Å². The molecular formula is C18H18F3N3O. The van der Waals surface area contributed by atoms with Gasteiger partial charge in [0.05, 0.1) is 11.8 Å². The number of halogens is 3. The lowest BCUT2D eigenvalue weighted by atomic mass is 10.0. The molecule has 0 atom stereocenters. The minimum atomic E-state index is -4.47. The molecule has 1 heterocycles. The molecule has 0 aliphatic heterocycles. The molecule has 2 rings (SSSR count). The fraction of sp³-hybridized carbons (Fsp3) is 0.278. The van der Waals surface area contributed by atoms with Crippen LogP contribution in [0.1, 0.15) is 30.5 Å². The normalized spacial score (nSPS) is 11.8. The number of anilines is 1. The number of nitrogens with one attached hydrogen (secondary N) is 1. The lowest BCUT2D eigenvalue weighted by Gasteiger charge is -2.25. The number of hydrogen-bond donors (Lipinski definition) is 1. The Labute approximate surface area is 143 Å². The predicted octanol–water partition coefficient (Wildman–Crippen LogP) is 4.38. The number of carbonyl (C=O) groups is 1. The smallest absolute Gasteiger partial charge is 0.323 e. The van der Waals surface area contributed by atoms with Crippen LogP contribution in [0.2, 0.25) is 0 Å². The van der Waals surface area contributed by atoms with Gasteiger partial charge in [-0.05, 0) is 50.6 Å². The van der Waals surface area contributed by atoms with Gasteiger partial charge in [0.25, 0.3) is 5.91 Å². The Balaban J connectivity index is 2.35. The average molecular weight is 349 g/mol. The summed E-state index contributed by atoms with van der Waals surface area (Å²) in [5, 5.41) is 6.79. The van der Waals surface area contributed by atoms with E-state index in [4.69, 9.17) is 0 Å². The van der Waals surface area contributed by atoms with Crippen LogP contribution < -0.4 is 5.32 Å². The number of nitrogens with zero attached hydrogens (tertiary/aromatic N) is 2. The van der Waals surface area contributed by atoms with Crippen molar-refractivity contribution in [3.8, 4) is 0 Å². The van der Waals surface area contributed by atoms with Gasteiger partial charge in [-0.15, -0.1) is 5.73 Å². The van der Waals surface area contributed by atoms with Gasteiger partial charge in [0.15, 0.2) is 0 Å². The standard InChI is InChI=1S/C18H18F3N3O/c1-5-6-13-9-14(18(19,20)21)7-8-15(13)23-16(25)17(3,4)24-11-12(2)10-22-24/h6-11H,1H2,2-4H3,(H,23,25). The van der Waals surface area contributed by atoms with Crippen molar-refractivity contribution in [3.05, 3.63) is 59.6 Å². The van der Waals surface area contributed by atoms with Gasteiger partial charge in [0, 0.05) is 17.4 Å². The lowest BCUT2D eigenvalue weighted by molar-refractivity contribution is -0.137. The fourth-order valence-electron chi connectivity index (χ4n) is 2.18. The number of rotatable bonds is 4. The Kier molecular flexibility index (Phi) is 4.90. The summed E-state index contributed by atoms with van der Waals surface area (Å²) in [6.07, 6.45) is 0.157. The number of amides is 1. The van der Waals surface area contributed by atoms with Crippen molar-refractivity contribution in [1.82, 2.24) is 9.78 Å². The molecular weight excluding hydrogens is 331 g/mol. The van der Waals surface area contributed by atoms with Crippen molar-refractivity contribution < 1.29 is 18.0 Å². The molecule has 1 N–H and O–H groups in total. The van der Waals surface area contributed by atoms with Crippen LogP contribution in [-0.4, -0.2) is 15.7 Å². The predicted molar refractivity (Wildman–Crippen MR) is 90.0 cm³/mol. The first kappa shape index (κ1) is 18.5. The Bertz CT molecular complexity index is 843.